The van der Waals surface area contributed by atoms with E-state index in [4.69, 9.17) is 4.74 Å². The van der Waals surface area contributed by atoms with Crippen LogP contribution in [0.15, 0.2) is 30.3 Å². The van der Waals surface area contributed by atoms with Gasteiger partial charge in [0.1, 0.15) is 6.04 Å². The number of carbonyl (C=O) groups is 1. The molecule has 1 aromatic carbocycles. The number of aliphatic carboxylic acids is 1. The molecule has 0 amide bonds. The first kappa shape index (κ1) is 21.3. The van der Waals surface area contributed by atoms with E-state index < -0.39 is 41.5 Å². The zero-order valence-corrected chi connectivity index (χ0v) is 16.6. The normalized spacial score (nSPS) is 26.9. The van der Waals surface area contributed by atoms with Gasteiger partial charge in [0.15, 0.2) is 0 Å². The highest BCUT2D eigenvalue weighted by atomic mass is 16.6. The average Bonchev–Trinajstić information content (AvgIpc) is 2.97. The first-order chi connectivity index (χ1) is 12.5. The Labute approximate surface area is 160 Å². The van der Waals surface area contributed by atoms with Crippen LogP contribution in [0, 0.1) is 27.4 Å². The van der Waals surface area contributed by atoms with Gasteiger partial charge in [0.25, 0.3) is 0 Å². The van der Waals surface area contributed by atoms with E-state index in [1.807, 2.05) is 65.0 Å². The molecule has 1 aromatic rings. The molecule has 1 heterocycles. The molecule has 0 bridgehead atoms. The van der Waals surface area contributed by atoms with Crippen LogP contribution in [0.5, 0.6) is 0 Å². The summed E-state index contributed by atoms with van der Waals surface area (Å²) in [5.74, 6) is -1.90. The molecule has 7 nitrogen and oxygen atoms in total. The van der Waals surface area contributed by atoms with Crippen LogP contribution < -0.4 is 5.32 Å². The van der Waals surface area contributed by atoms with Gasteiger partial charge < -0.3 is 9.84 Å². The molecule has 2 rings (SSSR count). The summed E-state index contributed by atoms with van der Waals surface area (Å²) >= 11 is 0. The van der Waals surface area contributed by atoms with Crippen molar-refractivity contribution in [3.05, 3.63) is 46.0 Å². The first-order valence-electron chi connectivity index (χ1n) is 9.32. The summed E-state index contributed by atoms with van der Waals surface area (Å²) in [6, 6.07) is 6.93. The lowest BCUT2D eigenvalue weighted by Crippen LogP contribution is -2.49. The van der Waals surface area contributed by atoms with Gasteiger partial charge in [-0.3, -0.25) is 20.2 Å². The molecule has 0 radical (unpaired) electrons. The van der Waals surface area contributed by atoms with E-state index >= 15 is 0 Å². The van der Waals surface area contributed by atoms with Gasteiger partial charge in [0.05, 0.1) is 24.7 Å². The fraction of sp³-hybridized carbons (Fsp3) is 0.650. The lowest BCUT2D eigenvalue weighted by Gasteiger charge is -2.32. The van der Waals surface area contributed by atoms with Gasteiger partial charge in [-0.25, -0.2) is 0 Å². The lowest BCUT2D eigenvalue weighted by atomic mass is 9.77. The minimum Gasteiger partial charge on any atom is -0.480 e. The predicted molar refractivity (Wildman–Crippen MR) is 102 cm³/mol. The molecular weight excluding hydrogens is 348 g/mol. The van der Waals surface area contributed by atoms with E-state index in [-0.39, 0.29) is 17.4 Å². The van der Waals surface area contributed by atoms with E-state index in [1.165, 1.54) is 0 Å². The minimum atomic E-state index is -1.08. The average molecular weight is 378 g/mol. The quantitative estimate of drug-likeness (QED) is 0.559. The molecule has 0 saturated carbocycles. The summed E-state index contributed by atoms with van der Waals surface area (Å²) < 4.78 is 6.09. The number of hydrogen-bond donors (Lipinski definition) is 2. The van der Waals surface area contributed by atoms with Crippen molar-refractivity contribution in [3.63, 3.8) is 0 Å². The SMILES string of the molecule is CC(C)C(OCc1ccccc1)C1C(C(=O)O)NC(C(C)(C)C)C1[N+](=O)[O-]. The third-order valence-electron chi connectivity index (χ3n) is 5.24. The lowest BCUT2D eigenvalue weighted by molar-refractivity contribution is -0.537. The maximum atomic E-state index is 12.0. The Balaban J connectivity index is 2.36. The van der Waals surface area contributed by atoms with Crippen LogP contribution in [0.4, 0.5) is 0 Å². The van der Waals surface area contributed by atoms with Gasteiger partial charge in [0, 0.05) is 4.92 Å². The van der Waals surface area contributed by atoms with Crippen LogP contribution in [-0.4, -0.2) is 40.2 Å². The molecule has 27 heavy (non-hydrogen) atoms. The molecule has 1 aliphatic heterocycles. The summed E-state index contributed by atoms with van der Waals surface area (Å²) in [5.41, 5.74) is 0.493. The van der Waals surface area contributed by atoms with Gasteiger partial charge in [-0.05, 0) is 16.9 Å². The largest absolute Gasteiger partial charge is 0.480 e. The van der Waals surface area contributed by atoms with Crippen molar-refractivity contribution in [3.8, 4) is 0 Å². The second-order valence-electron chi connectivity index (χ2n) is 8.68. The Morgan fingerprint density at radius 2 is 1.89 bits per heavy atom. The molecular formula is C20H30N2O5. The zero-order chi connectivity index (χ0) is 20.4. The highest BCUT2D eigenvalue weighted by molar-refractivity contribution is 5.75. The first-order valence-corrected chi connectivity index (χ1v) is 9.32. The maximum absolute atomic E-state index is 12.0. The van der Waals surface area contributed by atoms with Gasteiger partial charge in [0.2, 0.25) is 6.04 Å². The summed E-state index contributed by atoms with van der Waals surface area (Å²) in [4.78, 5) is 23.5. The molecule has 7 heteroatoms. The molecule has 2 N–H and O–H groups in total. The Hall–Kier alpha value is -1.99. The van der Waals surface area contributed by atoms with Crippen molar-refractivity contribution >= 4 is 5.97 Å². The number of hydrogen-bond acceptors (Lipinski definition) is 5. The molecule has 0 aromatic heterocycles. The number of benzene rings is 1. The summed E-state index contributed by atoms with van der Waals surface area (Å²) in [6.45, 7) is 9.77. The Bertz CT molecular complexity index is 656. The molecule has 150 valence electrons. The van der Waals surface area contributed by atoms with Crippen molar-refractivity contribution in [2.75, 3.05) is 0 Å². The Morgan fingerprint density at radius 1 is 1.30 bits per heavy atom. The van der Waals surface area contributed by atoms with Crippen molar-refractivity contribution in [2.45, 2.75) is 65.5 Å². The Kier molecular flexibility index (Phi) is 6.59. The van der Waals surface area contributed by atoms with E-state index in [0.29, 0.717) is 0 Å². The standard InChI is InChI=1S/C20H30N2O5/c1-12(2)17(27-11-13-9-7-6-8-10-13)14-15(19(23)24)21-18(20(3,4)5)16(14)22(25)26/h6-10,12,14-18,21H,11H2,1-5H3,(H,23,24). The number of ether oxygens (including phenoxy) is 1. The van der Waals surface area contributed by atoms with E-state index in [2.05, 4.69) is 5.32 Å². The van der Waals surface area contributed by atoms with Gasteiger partial charge in [-0.15, -0.1) is 0 Å². The fourth-order valence-electron chi connectivity index (χ4n) is 3.98. The molecule has 0 spiro atoms. The highest BCUT2D eigenvalue weighted by Gasteiger charge is 2.59. The van der Waals surface area contributed by atoms with Crippen molar-refractivity contribution in [1.29, 1.82) is 0 Å². The number of nitrogens with zero attached hydrogens (tertiary/aromatic N) is 1. The van der Waals surface area contributed by atoms with Crippen LogP contribution in [-0.2, 0) is 16.1 Å². The van der Waals surface area contributed by atoms with Gasteiger partial charge in [-0.1, -0.05) is 65.0 Å². The molecule has 5 atom stereocenters. The van der Waals surface area contributed by atoms with E-state index in [1.54, 1.807) is 0 Å². The van der Waals surface area contributed by atoms with Crippen LogP contribution in [0.2, 0.25) is 0 Å². The van der Waals surface area contributed by atoms with Gasteiger partial charge in [-0.2, -0.15) is 0 Å². The van der Waals surface area contributed by atoms with E-state index in [9.17, 15) is 20.0 Å². The van der Waals surface area contributed by atoms with E-state index in [0.717, 1.165) is 5.56 Å². The predicted octanol–water partition coefficient (Wildman–Crippen LogP) is 2.96. The third-order valence-corrected chi connectivity index (χ3v) is 5.24. The number of nitrogens with one attached hydrogen (secondary N) is 1. The molecule has 0 aliphatic carbocycles. The fourth-order valence-corrected chi connectivity index (χ4v) is 3.98. The number of carboxylic acids is 1. The smallest absolute Gasteiger partial charge is 0.321 e. The molecule has 5 unspecified atom stereocenters. The summed E-state index contributed by atoms with van der Waals surface area (Å²) in [5, 5.41) is 24.7. The second kappa shape index (κ2) is 8.35. The monoisotopic (exact) mass is 378 g/mol. The number of nitro groups is 1. The highest BCUT2D eigenvalue weighted by Crippen LogP contribution is 2.38. The maximum Gasteiger partial charge on any atom is 0.321 e. The number of rotatable bonds is 7. The van der Waals surface area contributed by atoms with Crippen molar-refractivity contribution < 1.29 is 19.6 Å². The van der Waals surface area contributed by atoms with Crippen LogP contribution in [0.1, 0.15) is 40.2 Å². The van der Waals surface area contributed by atoms with Gasteiger partial charge >= 0.3 is 5.97 Å². The van der Waals surface area contributed by atoms with Crippen LogP contribution in [0.25, 0.3) is 0 Å². The molecule has 1 saturated heterocycles. The third kappa shape index (κ3) is 4.84. The van der Waals surface area contributed by atoms with Crippen LogP contribution in [0.3, 0.4) is 0 Å². The van der Waals surface area contributed by atoms with Crippen LogP contribution >= 0.6 is 0 Å². The molecule has 1 aliphatic rings. The van der Waals surface area contributed by atoms with Crippen molar-refractivity contribution in [2.24, 2.45) is 17.3 Å². The minimum absolute atomic E-state index is 0.0662. The Morgan fingerprint density at radius 3 is 2.33 bits per heavy atom. The summed E-state index contributed by atoms with van der Waals surface area (Å²) in [7, 11) is 0. The molecule has 1 fully saturated rings. The zero-order valence-electron chi connectivity index (χ0n) is 16.6. The topological polar surface area (TPSA) is 102 Å². The number of carboxylic acid groups (broad SMARTS) is 1. The second-order valence-corrected chi connectivity index (χ2v) is 8.68. The summed E-state index contributed by atoms with van der Waals surface area (Å²) in [6.07, 6.45) is -0.554. The van der Waals surface area contributed by atoms with Crippen molar-refractivity contribution in [1.82, 2.24) is 5.32 Å².